The Balaban J connectivity index is 1.28. The quantitative estimate of drug-likeness (QED) is 0.0111. The fourth-order valence-corrected chi connectivity index (χ4v) is 16.0. The molecule has 146 heavy (non-hydrogen) atoms. The summed E-state index contributed by atoms with van der Waals surface area (Å²) in [6.07, 6.45) is 0.734. The number of carbonyl (C=O) groups is 21. The van der Waals surface area contributed by atoms with Crippen molar-refractivity contribution in [2.45, 2.75) is 275 Å². The number of aliphatic hydroxyl groups excluding tert-OH is 2. The van der Waals surface area contributed by atoms with E-state index in [-0.39, 0.29) is 75.5 Å². The summed E-state index contributed by atoms with van der Waals surface area (Å²) in [6.45, 7) is 12.0. The van der Waals surface area contributed by atoms with Crippen LogP contribution in [0.15, 0.2) is 67.3 Å². The average Bonchev–Trinajstić information content (AvgIpc) is 1.73. The van der Waals surface area contributed by atoms with Crippen LogP contribution in [0.25, 0.3) is 10.9 Å². The fourth-order valence-electron chi connectivity index (χ4n) is 16.0. The van der Waals surface area contributed by atoms with Crippen LogP contribution in [0.1, 0.15) is 176 Å². The van der Waals surface area contributed by atoms with E-state index in [1.807, 2.05) is 0 Å². The maximum absolute atomic E-state index is 15.5. The molecule has 6 rings (SSSR count). The number of hydrogen-bond donors (Lipinski definition) is 29. The largest absolute Gasteiger partial charge is 0.508 e. The van der Waals surface area contributed by atoms with E-state index in [1.165, 1.54) is 75.6 Å². The van der Waals surface area contributed by atoms with Gasteiger partial charge in [0.1, 0.15) is 102 Å². The highest BCUT2D eigenvalue weighted by Crippen LogP contribution is 2.24. The molecule has 804 valence electrons. The van der Waals surface area contributed by atoms with E-state index >= 15 is 19.2 Å². The molecule has 0 bridgehead atoms. The number of phenolic OH excluding ortho intramolecular Hbond substituents is 1. The maximum Gasteiger partial charge on any atom is 0.326 e. The van der Waals surface area contributed by atoms with Gasteiger partial charge in [0.2, 0.25) is 118 Å². The molecule has 2 aromatic carbocycles. The van der Waals surface area contributed by atoms with Gasteiger partial charge in [-0.3, -0.25) is 101 Å². The highest BCUT2D eigenvalue weighted by molar-refractivity contribution is 6.03. The Bertz CT molecular complexity index is 5210. The molecule has 33 N–H and O–H groups in total. The number of carboxylic acids is 1. The third-order valence-corrected chi connectivity index (χ3v) is 24.4. The first-order valence-corrected chi connectivity index (χ1v) is 48.5. The van der Waals surface area contributed by atoms with Gasteiger partial charge in [-0.25, -0.2) is 9.78 Å². The second-order valence-corrected chi connectivity index (χ2v) is 37.6. The Hall–Kier alpha value is -15.0. The molecule has 52 heteroatoms. The Morgan fingerprint density at radius 3 is 1.74 bits per heavy atom. The van der Waals surface area contributed by atoms with Crippen LogP contribution in [0.5, 0.6) is 5.75 Å². The number of nitrogens with one attached hydrogen (secondary N) is 21. The number of carboxylic acid groups (broad SMARTS) is 1. The summed E-state index contributed by atoms with van der Waals surface area (Å²) in [4.78, 5) is 309. The minimum absolute atomic E-state index is 0.0706. The lowest BCUT2D eigenvalue weighted by atomic mass is 9.95. The van der Waals surface area contributed by atoms with Gasteiger partial charge < -0.3 is 154 Å². The highest BCUT2D eigenvalue weighted by Gasteiger charge is 2.44. The molecule has 2 aromatic heterocycles. The molecule has 2 saturated heterocycles. The fraction of sp³-hybridized carbons (Fsp3) is 0.585. The van der Waals surface area contributed by atoms with E-state index in [4.69, 9.17) is 28.3 Å². The van der Waals surface area contributed by atoms with Gasteiger partial charge in [0.25, 0.3) is 0 Å². The summed E-state index contributed by atoms with van der Waals surface area (Å²) in [5, 5.41) is 94.7. The number of H-pyrrole nitrogens is 2. The summed E-state index contributed by atoms with van der Waals surface area (Å²) in [5.74, 6) is -26.3. The van der Waals surface area contributed by atoms with Gasteiger partial charge in [0.15, 0.2) is 5.96 Å². The number of hydrogen-bond acceptors (Lipinski definition) is 27. The number of unbranched alkanes of at least 4 members (excludes halogenated alkanes) is 1. The topological polar surface area (TPSA) is 832 Å². The highest BCUT2D eigenvalue weighted by atomic mass is 16.4. The number of primary amides is 2. The van der Waals surface area contributed by atoms with Gasteiger partial charge in [-0.2, -0.15) is 0 Å². The number of likely N-dealkylation sites (tertiary alicyclic amines) is 1. The first kappa shape index (κ1) is 120. The number of fused-ring (bicyclic) bond motifs is 1. The van der Waals surface area contributed by atoms with E-state index in [2.05, 4.69) is 111 Å². The van der Waals surface area contributed by atoms with Crippen LogP contribution in [-0.2, 0) is 120 Å². The van der Waals surface area contributed by atoms with Crippen molar-refractivity contribution in [3.8, 4) is 5.75 Å². The molecule has 17 unspecified atom stereocenters. The molecule has 4 heterocycles. The van der Waals surface area contributed by atoms with Gasteiger partial charge in [-0.05, 0) is 130 Å². The number of nitrogens with zero attached hydrogens (tertiary/aromatic N) is 2. The number of imidazole rings is 1. The number of benzene rings is 2. The van der Waals surface area contributed by atoms with Gasteiger partial charge in [0, 0.05) is 74.2 Å². The normalized spacial score (nSPS) is 20.0. The number of aliphatic hydroxyl groups is 2. The van der Waals surface area contributed by atoms with Crippen LogP contribution in [0.2, 0.25) is 0 Å². The molecular formula is C94H143N27O25. The van der Waals surface area contributed by atoms with Crippen molar-refractivity contribution in [3.05, 3.63) is 84.1 Å². The molecule has 4 aromatic rings. The Labute approximate surface area is 842 Å². The van der Waals surface area contributed by atoms with Crippen LogP contribution >= 0.6 is 0 Å². The molecule has 52 nitrogen and oxygen atoms in total. The van der Waals surface area contributed by atoms with Gasteiger partial charge in [-0.1, -0.05) is 106 Å². The summed E-state index contributed by atoms with van der Waals surface area (Å²) < 4.78 is 0. The van der Waals surface area contributed by atoms with Gasteiger partial charge in [0.05, 0.1) is 39.1 Å². The minimum atomic E-state index is -1.99. The van der Waals surface area contributed by atoms with E-state index < -0.39 is 322 Å². The van der Waals surface area contributed by atoms with Crippen molar-refractivity contribution in [1.82, 2.24) is 116 Å². The van der Waals surface area contributed by atoms with Gasteiger partial charge >= 0.3 is 5.97 Å². The smallest absolute Gasteiger partial charge is 0.326 e. The summed E-state index contributed by atoms with van der Waals surface area (Å²) >= 11 is 0. The molecular weight excluding hydrogens is 1910 g/mol. The van der Waals surface area contributed by atoms with Crippen molar-refractivity contribution in [3.63, 3.8) is 0 Å². The van der Waals surface area contributed by atoms with Crippen LogP contribution in [0.4, 0.5) is 0 Å². The number of phenols is 1. The molecule has 20 amide bonds. The number of aromatic amines is 2. The van der Waals surface area contributed by atoms with Crippen LogP contribution < -0.4 is 119 Å². The number of para-hydroxylation sites is 1. The molecule has 2 fully saturated rings. The zero-order valence-electron chi connectivity index (χ0n) is 83.5. The van der Waals surface area contributed by atoms with Crippen LogP contribution in [0.3, 0.4) is 0 Å². The van der Waals surface area contributed by atoms with E-state index in [9.17, 15) is 102 Å². The predicted molar refractivity (Wildman–Crippen MR) is 525 cm³/mol. The SMILES string of the molecule is CCC(C)C(NC(=O)C(NC(=O)C(CC(N)=O)NC(=O)C(CO)NC(=O)C(Cc1cnc[nH]1)NC(=O)CNC(=O)C(NC(=O)C(Cc1c[nH]c2ccccc12)NC(=O)C1CCC(=O)NCC(=O)NC(CO)C(=O)NC(CCC(N)=O)C(=O)NC(CC(C)C)C(=O)NC(C(C)C)C(=O)NC(Cc2ccc(O)cc2)C(=O)NC(CCCNC(=N)N)C(=O)N1)C(C)C)C(C)C)C(=O)NC(CCCCN)C(=O)N1CCCC1C(=O)O. The lowest BCUT2D eigenvalue weighted by Crippen LogP contribution is -2.62. The molecule has 17 atom stereocenters. The maximum atomic E-state index is 15.5. The van der Waals surface area contributed by atoms with Crippen molar-refractivity contribution < 1.29 is 121 Å². The predicted octanol–water partition coefficient (Wildman–Crippen LogP) is -7.42. The summed E-state index contributed by atoms with van der Waals surface area (Å²) in [6, 6.07) is -13.8. The molecule has 0 aliphatic carbocycles. The third-order valence-electron chi connectivity index (χ3n) is 24.4. The summed E-state index contributed by atoms with van der Waals surface area (Å²) in [7, 11) is 0. The van der Waals surface area contributed by atoms with Crippen molar-refractivity contribution in [2.75, 3.05) is 45.9 Å². The number of nitrogens with two attached hydrogens (primary N) is 4. The average molecular weight is 2050 g/mol. The van der Waals surface area contributed by atoms with Crippen LogP contribution in [0, 0.1) is 35.0 Å². The number of carbonyl (C=O) groups excluding carboxylic acids is 20. The Morgan fingerprint density at radius 2 is 1.14 bits per heavy atom. The number of amides is 20. The molecule has 0 spiro atoms. The van der Waals surface area contributed by atoms with Crippen molar-refractivity contribution >= 4 is 141 Å². The Kier molecular flexibility index (Phi) is 48.6. The van der Waals surface area contributed by atoms with Crippen molar-refractivity contribution in [2.24, 2.45) is 52.5 Å². The lowest BCUT2D eigenvalue weighted by Gasteiger charge is -2.31. The molecule has 0 radical (unpaired) electrons. The standard InChI is InChI=1S/C94H143N27O25/c1-11-50(10)77(91(143)111-60(20-14-15-31-95)92(144)121-33-17-22-68(121)93(145)146)120-90(142)76(49(8)9)119-85(137)65(38-70(97)126)114-87(139)67(44-123)116-82(134)64(37-53-40-100-45-105-53)106-73(129)42-104-88(140)74(47(4)5)117-84(136)63(36-52-39-102-56-19-13-12-18-55(52)56)113-80(132)59-28-30-71(127)103-41-72(128)107-66(43-122)86(138)110-58(27-29-69(96)125)79(131)112-61(34-46(2)3)83(135)118-75(48(6)7)89(141)115-62(35-51-23-25-54(124)26-24-51)81(133)108-57(78(130)109-59)21-16-32-101-94(98)99/h12-13,18-19,23-26,39-40,45-50,57-68,74-77,102,122-124H,11,14-17,20-22,27-38,41-44,95H2,1-10H3,(H2,96,125)(H2,97,126)(H,100,105)(H,103,127)(H,104,140)(H,106,129)(H,107,128)(H,108,133)(H,109,130)(H,110,138)(H,111,143)(H,112,131)(H,113,132)(H,114,139)(H,115,141)(H,116,134)(H,117,136)(H,118,135)(H,119,137)(H,120,142)(H,145,146)(H4,98,99,101). The monoisotopic (exact) mass is 2050 g/mol. The third kappa shape index (κ3) is 38.6. The minimum Gasteiger partial charge on any atom is -0.508 e. The molecule has 0 saturated carbocycles. The number of rotatable bonds is 48. The lowest BCUT2D eigenvalue weighted by molar-refractivity contribution is -0.149. The number of aromatic hydroxyl groups is 1. The van der Waals surface area contributed by atoms with E-state index in [1.54, 1.807) is 65.8 Å². The van der Waals surface area contributed by atoms with E-state index in [0.29, 0.717) is 47.7 Å². The zero-order valence-corrected chi connectivity index (χ0v) is 83.5. The first-order valence-electron chi connectivity index (χ1n) is 48.5. The zero-order chi connectivity index (χ0) is 108. The van der Waals surface area contributed by atoms with E-state index in [0.717, 1.165) is 0 Å². The number of aliphatic carboxylic acids is 1. The summed E-state index contributed by atoms with van der Waals surface area (Å²) in [5.41, 5.74) is 23.9. The number of guanidine groups is 1. The van der Waals surface area contributed by atoms with Crippen molar-refractivity contribution in [1.29, 1.82) is 5.41 Å². The second-order valence-electron chi connectivity index (χ2n) is 37.6. The van der Waals surface area contributed by atoms with Gasteiger partial charge in [-0.15, -0.1) is 0 Å². The van der Waals surface area contributed by atoms with Crippen LogP contribution in [-0.4, -0.2) is 313 Å². The molecule has 2 aliphatic rings. The Morgan fingerprint density at radius 1 is 0.562 bits per heavy atom. The number of aromatic nitrogens is 3. The molecule has 2 aliphatic heterocycles. The first-order chi connectivity index (χ1) is 69.1. The second kappa shape index (κ2) is 59.3.